The van der Waals surface area contributed by atoms with Gasteiger partial charge in [-0.05, 0) is 26.0 Å². The number of anilines is 1. The normalized spacial score (nSPS) is 12.4. The van der Waals surface area contributed by atoms with Crippen LogP contribution in [0.15, 0.2) is 24.3 Å². The number of hydrogen-bond donors (Lipinski definition) is 1. The van der Waals surface area contributed by atoms with Gasteiger partial charge in [-0.2, -0.15) is 8.42 Å². The molecule has 1 aromatic carbocycles. The lowest BCUT2D eigenvalue weighted by molar-refractivity contribution is 0.440. The molecule has 0 saturated heterocycles. The molecular weight excluding hydrogens is 285 g/mol. The van der Waals surface area contributed by atoms with Crippen molar-refractivity contribution in [3.63, 3.8) is 0 Å². The molecule has 0 aliphatic rings. The van der Waals surface area contributed by atoms with Gasteiger partial charge in [0.1, 0.15) is 5.75 Å². The Labute approximate surface area is 105 Å². The first-order valence-electron chi connectivity index (χ1n) is 4.86. The summed E-state index contributed by atoms with van der Waals surface area (Å²) in [6, 6.07) is 4.97. The zero-order chi connectivity index (χ0) is 14.0. The largest absolute Gasteiger partial charge is 0.488 e. The molecule has 18 heavy (non-hydrogen) atoms. The van der Waals surface area contributed by atoms with Crippen molar-refractivity contribution in [3.8, 4) is 5.75 Å². The fraction of sp³-hybridized carbons (Fsp3) is 0.333. The van der Waals surface area contributed by atoms with Gasteiger partial charge in [0.2, 0.25) is 10.0 Å². The van der Waals surface area contributed by atoms with Gasteiger partial charge in [-0.15, -0.1) is 0 Å². The number of hydrogen-bond acceptors (Lipinski definition) is 5. The Hall–Kier alpha value is -1.35. The van der Waals surface area contributed by atoms with Crippen molar-refractivity contribution in [3.05, 3.63) is 24.3 Å². The van der Waals surface area contributed by atoms with E-state index in [-0.39, 0.29) is 11.4 Å². The molecule has 0 radical (unpaired) electrons. The van der Waals surface area contributed by atoms with E-state index in [0.717, 1.165) is 6.07 Å². The lowest BCUT2D eigenvalue weighted by atomic mass is 10.3. The van der Waals surface area contributed by atoms with E-state index in [9.17, 15) is 20.7 Å². The van der Waals surface area contributed by atoms with Crippen LogP contribution in [0.3, 0.4) is 0 Å². The molecular formula is C9H12FNO5S2. The molecule has 0 heterocycles. The first-order valence-corrected chi connectivity index (χ1v) is 7.71. The molecule has 6 nitrogen and oxygen atoms in total. The minimum Gasteiger partial charge on any atom is -0.358 e. The summed E-state index contributed by atoms with van der Waals surface area (Å²) in [7, 11) is -8.69. The predicted octanol–water partition coefficient (Wildman–Crippen LogP) is 1.43. The van der Waals surface area contributed by atoms with Gasteiger partial charge >= 0.3 is 10.5 Å². The molecule has 1 rings (SSSR count). The van der Waals surface area contributed by atoms with E-state index in [0.29, 0.717) is 0 Å². The molecule has 0 saturated carbocycles. The predicted molar refractivity (Wildman–Crippen MR) is 64.8 cm³/mol. The van der Waals surface area contributed by atoms with E-state index in [1.807, 2.05) is 0 Å². The van der Waals surface area contributed by atoms with E-state index in [1.165, 1.54) is 32.0 Å². The van der Waals surface area contributed by atoms with E-state index in [1.54, 1.807) is 0 Å². The average Bonchev–Trinajstić information content (AvgIpc) is 2.13. The second kappa shape index (κ2) is 5.11. The Kier molecular flexibility index (Phi) is 4.17. The van der Waals surface area contributed by atoms with Gasteiger partial charge in [-0.3, -0.25) is 4.72 Å². The second-order valence-electron chi connectivity index (χ2n) is 3.70. The number of sulfonamides is 1. The van der Waals surface area contributed by atoms with Gasteiger partial charge in [-0.1, -0.05) is 9.95 Å². The van der Waals surface area contributed by atoms with Crippen molar-refractivity contribution in [2.75, 3.05) is 4.72 Å². The summed E-state index contributed by atoms with van der Waals surface area (Å²) < 4.78 is 62.2. The van der Waals surface area contributed by atoms with Crippen LogP contribution in [-0.2, 0) is 20.5 Å². The number of halogens is 1. The molecule has 0 aliphatic heterocycles. The van der Waals surface area contributed by atoms with E-state index in [4.69, 9.17) is 0 Å². The molecule has 9 heteroatoms. The summed E-state index contributed by atoms with van der Waals surface area (Å²) in [6.07, 6.45) is 0. The average molecular weight is 297 g/mol. The third-order valence-corrected chi connectivity index (χ3v) is 4.06. The van der Waals surface area contributed by atoms with Crippen LogP contribution >= 0.6 is 0 Å². The molecule has 0 fully saturated rings. The molecule has 0 unspecified atom stereocenters. The monoisotopic (exact) mass is 297 g/mol. The molecule has 0 bridgehead atoms. The van der Waals surface area contributed by atoms with Crippen LogP contribution in [-0.4, -0.2) is 22.1 Å². The fourth-order valence-corrected chi connectivity index (χ4v) is 2.03. The van der Waals surface area contributed by atoms with Crippen molar-refractivity contribution in [1.29, 1.82) is 0 Å². The van der Waals surface area contributed by atoms with Gasteiger partial charge in [0.05, 0.1) is 10.9 Å². The summed E-state index contributed by atoms with van der Waals surface area (Å²) in [5.41, 5.74) is 0.0878. The Bertz CT molecular complexity index is 624. The molecule has 0 spiro atoms. The maximum absolute atomic E-state index is 12.3. The molecule has 0 amide bonds. The van der Waals surface area contributed by atoms with Crippen LogP contribution in [0.25, 0.3) is 0 Å². The van der Waals surface area contributed by atoms with Crippen LogP contribution in [0, 0.1) is 0 Å². The molecule has 1 aromatic rings. The van der Waals surface area contributed by atoms with Crippen molar-refractivity contribution in [2.45, 2.75) is 19.1 Å². The molecule has 0 atom stereocenters. The van der Waals surface area contributed by atoms with Crippen molar-refractivity contribution >= 4 is 26.2 Å². The Morgan fingerprint density at radius 2 is 1.83 bits per heavy atom. The van der Waals surface area contributed by atoms with E-state index < -0.39 is 25.8 Å². The Morgan fingerprint density at radius 3 is 2.33 bits per heavy atom. The number of rotatable bonds is 5. The Balaban J connectivity index is 2.97. The minimum absolute atomic E-state index is 0.0878. The zero-order valence-electron chi connectivity index (χ0n) is 9.62. The molecule has 102 valence electrons. The van der Waals surface area contributed by atoms with E-state index in [2.05, 4.69) is 8.91 Å². The summed E-state index contributed by atoms with van der Waals surface area (Å²) >= 11 is 0. The summed E-state index contributed by atoms with van der Waals surface area (Å²) in [5.74, 6) is -0.318. The van der Waals surface area contributed by atoms with Gasteiger partial charge in [0.25, 0.3) is 0 Å². The number of benzene rings is 1. The highest BCUT2D eigenvalue weighted by molar-refractivity contribution is 7.93. The topological polar surface area (TPSA) is 89.5 Å². The number of nitrogens with one attached hydrogen (secondary N) is 1. The first-order chi connectivity index (χ1) is 8.10. The molecule has 1 N–H and O–H groups in total. The van der Waals surface area contributed by atoms with Gasteiger partial charge in [0.15, 0.2) is 0 Å². The van der Waals surface area contributed by atoms with Crippen molar-refractivity contribution < 1.29 is 24.9 Å². The standard InChI is InChI=1S/C9H12FNO5S2/c1-7(2)17(12,13)11-8-4-3-5-9(6-8)16-18(10,14)15/h3-7,11H,1-2H3. The van der Waals surface area contributed by atoms with Crippen molar-refractivity contribution in [2.24, 2.45) is 0 Å². The molecule has 0 aliphatic carbocycles. The zero-order valence-corrected chi connectivity index (χ0v) is 11.3. The Morgan fingerprint density at radius 1 is 1.22 bits per heavy atom. The lowest BCUT2D eigenvalue weighted by Gasteiger charge is -2.11. The van der Waals surface area contributed by atoms with Crippen LogP contribution in [0.2, 0.25) is 0 Å². The SMILES string of the molecule is CC(C)S(=O)(=O)Nc1cccc(OS(=O)(=O)F)c1. The summed E-state index contributed by atoms with van der Waals surface area (Å²) in [6.45, 7) is 2.96. The van der Waals surface area contributed by atoms with Gasteiger partial charge in [0, 0.05) is 6.07 Å². The van der Waals surface area contributed by atoms with Crippen LogP contribution in [0.4, 0.5) is 9.57 Å². The molecule has 0 aromatic heterocycles. The lowest BCUT2D eigenvalue weighted by Crippen LogP contribution is -2.22. The van der Waals surface area contributed by atoms with Crippen LogP contribution in [0.5, 0.6) is 5.75 Å². The van der Waals surface area contributed by atoms with Crippen LogP contribution in [0.1, 0.15) is 13.8 Å². The third-order valence-electron chi connectivity index (χ3n) is 1.91. The van der Waals surface area contributed by atoms with Crippen molar-refractivity contribution in [1.82, 2.24) is 0 Å². The quantitative estimate of drug-likeness (QED) is 0.830. The third kappa shape index (κ3) is 4.49. The summed E-state index contributed by atoms with van der Waals surface area (Å²) in [5, 5.41) is -0.660. The van der Waals surface area contributed by atoms with Gasteiger partial charge in [-0.25, -0.2) is 8.42 Å². The highest BCUT2D eigenvalue weighted by Crippen LogP contribution is 2.20. The maximum Gasteiger partial charge on any atom is 0.488 e. The maximum atomic E-state index is 12.3. The van der Waals surface area contributed by atoms with Crippen LogP contribution < -0.4 is 8.91 Å². The minimum atomic E-state index is -5.13. The smallest absolute Gasteiger partial charge is 0.358 e. The van der Waals surface area contributed by atoms with Gasteiger partial charge < -0.3 is 4.18 Å². The highest BCUT2D eigenvalue weighted by Gasteiger charge is 2.16. The summed E-state index contributed by atoms with van der Waals surface area (Å²) in [4.78, 5) is 0. The second-order valence-corrected chi connectivity index (χ2v) is 6.89. The van der Waals surface area contributed by atoms with E-state index >= 15 is 0 Å². The first kappa shape index (κ1) is 14.7. The highest BCUT2D eigenvalue weighted by atomic mass is 32.3. The fourth-order valence-electron chi connectivity index (χ4n) is 1.01.